The number of aromatic amines is 1. The molecule has 4 rings (SSSR count). The maximum Gasteiger partial charge on any atom is 0.294 e. The predicted octanol–water partition coefficient (Wildman–Crippen LogP) is 1.27. The first kappa shape index (κ1) is 26.5. The number of rotatable bonds is 12. The van der Waals surface area contributed by atoms with Crippen LogP contribution in [0.1, 0.15) is 26.0 Å². The Hall–Kier alpha value is -3.56. The summed E-state index contributed by atoms with van der Waals surface area (Å²) in [4.78, 5) is 34.7. The van der Waals surface area contributed by atoms with Crippen molar-refractivity contribution in [1.29, 1.82) is 0 Å². The van der Waals surface area contributed by atoms with Gasteiger partial charge >= 0.3 is 0 Å². The number of aryl methyl sites for hydroxylation is 2. The van der Waals surface area contributed by atoms with Gasteiger partial charge in [0.1, 0.15) is 23.7 Å². The zero-order valence-corrected chi connectivity index (χ0v) is 21.5. The smallest absolute Gasteiger partial charge is 0.294 e. The minimum Gasteiger partial charge on any atom is -0.493 e. The van der Waals surface area contributed by atoms with E-state index in [9.17, 15) is 23.3 Å². The van der Waals surface area contributed by atoms with Gasteiger partial charge in [0, 0.05) is 20.1 Å². The average Bonchev–Trinajstić information content (AvgIpc) is 3.13. The van der Waals surface area contributed by atoms with Crippen molar-refractivity contribution >= 4 is 21.1 Å². The fourth-order valence-electron chi connectivity index (χ4n) is 4.09. The molecule has 0 unspecified atom stereocenters. The molecule has 0 atom stereocenters. The minimum atomic E-state index is -3.88. The van der Waals surface area contributed by atoms with Gasteiger partial charge in [-0.1, -0.05) is 13.3 Å². The van der Waals surface area contributed by atoms with Crippen LogP contribution in [0.25, 0.3) is 22.4 Å². The van der Waals surface area contributed by atoms with Crippen LogP contribution in [-0.4, -0.2) is 76.6 Å². The predicted molar refractivity (Wildman–Crippen MR) is 131 cm³/mol. The molecule has 15 heteroatoms. The highest BCUT2D eigenvalue weighted by Gasteiger charge is 2.37. The topological polar surface area (TPSA) is 172 Å². The largest absolute Gasteiger partial charge is 0.493 e. The zero-order chi connectivity index (χ0) is 26.7. The Kier molecular flexibility index (Phi) is 7.75. The molecule has 200 valence electrons. The van der Waals surface area contributed by atoms with Crippen LogP contribution < -0.4 is 10.3 Å². The molecule has 14 nitrogen and oxygen atoms in total. The minimum absolute atomic E-state index is 0.00352. The quantitative estimate of drug-likeness (QED) is 0.202. The van der Waals surface area contributed by atoms with Crippen LogP contribution in [0.5, 0.6) is 5.75 Å². The lowest BCUT2D eigenvalue weighted by atomic mass is 10.1. The third-order valence-corrected chi connectivity index (χ3v) is 7.67. The van der Waals surface area contributed by atoms with E-state index in [0.717, 1.165) is 6.42 Å². The maximum absolute atomic E-state index is 13.3. The van der Waals surface area contributed by atoms with Crippen LogP contribution in [0.15, 0.2) is 27.9 Å². The monoisotopic (exact) mass is 536 g/mol. The molecule has 1 aliphatic rings. The van der Waals surface area contributed by atoms with Gasteiger partial charge in [0.2, 0.25) is 10.0 Å². The van der Waals surface area contributed by atoms with E-state index in [2.05, 4.69) is 19.9 Å². The highest BCUT2D eigenvalue weighted by atomic mass is 32.2. The number of benzene rings is 1. The molecule has 1 aliphatic heterocycles. The average molecular weight is 537 g/mol. The Morgan fingerprint density at radius 1 is 1.24 bits per heavy atom. The van der Waals surface area contributed by atoms with Crippen LogP contribution >= 0.6 is 0 Å². The third kappa shape index (κ3) is 5.42. The van der Waals surface area contributed by atoms with Crippen molar-refractivity contribution in [3.8, 4) is 17.1 Å². The normalized spacial score (nSPS) is 14.6. The summed E-state index contributed by atoms with van der Waals surface area (Å²) in [6, 6.07) is 4.40. The Morgan fingerprint density at radius 3 is 2.68 bits per heavy atom. The molecule has 0 bridgehead atoms. The van der Waals surface area contributed by atoms with Gasteiger partial charge in [-0.3, -0.25) is 9.48 Å². The van der Waals surface area contributed by atoms with Gasteiger partial charge in [0.15, 0.2) is 5.52 Å². The van der Waals surface area contributed by atoms with E-state index in [1.54, 1.807) is 14.0 Å². The first-order valence-electron chi connectivity index (χ1n) is 11.8. The summed E-state index contributed by atoms with van der Waals surface area (Å²) >= 11 is 0. The van der Waals surface area contributed by atoms with Gasteiger partial charge in [0.05, 0.1) is 35.5 Å². The molecule has 2 aromatic heterocycles. The van der Waals surface area contributed by atoms with Crippen molar-refractivity contribution in [2.75, 3.05) is 32.9 Å². The highest BCUT2D eigenvalue weighted by molar-refractivity contribution is 7.89. The van der Waals surface area contributed by atoms with Crippen LogP contribution in [0, 0.1) is 10.1 Å². The standard InChI is InChI=1S/C22H28N6O8S/c1-4-6-17-19-20(26(3)25-17)22(29)24-21(23-19)16-11-15(7-8-18(16)34-5-2)37(32,33)27-12-14(13-27)35-9-10-36-28(30)31/h7-8,11,14H,4-6,9-10,12-13H2,1-3H3,(H,23,24,29). The maximum atomic E-state index is 13.3. The van der Waals surface area contributed by atoms with Crippen LogP contribution in [0.2, 0.25) is 0 Å². The summed E-state index contributed by atoms with van der Waals surface area (Å²) in [5.74, 6) is 0.555. The van der Waals surface area contributed by atoms with Gasteiger partial charge in [-0.15, -0.1) is 10.1 Å². The first-order chi connectivity index (χ1) is 17.6. The summed E-state index contributed by atoms with van der Waals surface area (Å²) in [6.45, 7) is 4.06. The number of H-pyrrole nitrogens is 1. The molecule has 0 amide bonds. The summed E-state index contributed by atoms with van der Waals surface area (Å²) in [5.41, 5.74) is 1.42. The molecule has 3 heterocycles. The molecule has 1 saturated heterocycles. The van der Waals surface area contributed by atoms with Crippen molar-refractivity contribution in [3.05, 3.63) is 44.4 Å². The lowest BCUT2D eigenvalue weighted by Crippen LogP contribution is -2.54. The van der Waals surface area contributed by atoms with Gasteiger partial charge in [0.25, 0.3) is 10.6 Å². The Bertz CT molecular complexity index is 1460. The van der Waals surface area contributed by atoms with E-state index in [1.165, 1.54) is 27.2 Å². The molecule has 37 heavy (non-hydrogen) atoms. The SMILES string of the molecule is CCCc1nn(C)c2c(=O)[nH]c(-c3cc(S(=O)(=O)N4CC(OCCO[N+](=O)[O-])C4)ccc3OCC)nc12. The van der Waals surface area contributed by atoms with E-state index < -0.39 is 26.8 Å². The Labute approximate surface area is 212 Å². The molecular formula is C22H28N6O8S. The van der Waals surface area contributed by atoms with E-state index in [-0.39, 0.29) is 37.0 Å². The number of nitrogens with one attached hydrogen (secondary N) is 1. The molecular weight excluding hydrogens is 508 g/mol. The first-order valence-corrected chi connectivity index (χ1v) is 13.2. The second-order valence-electron chi connectivity index (χ2n) is 8.39. The van der Waals surface area contributed by atoms with Crippen molar-refractivity contribution < 1.29 is 27.8 Å². The summed E-state index contributed by atoms with van der Waals surface area (Å²) in [6.07, 6.45) is 1.06. The third-order valence-electron chi connectivity index (χ3n) is 5.84. The van der Waals surface area contributed by atoms with Crippen LogP contribution in [-0.2, 0) is 33.1 Å². The van der Waals surface area contributed by atoms with Gasteiger partial charge in [-0.2, -0.15) is 9.40 Å². The Morgan fingerprint density at radius 2 is 2.00 bits per heavy atom. The molecule has 0 radical (unpaired) electrons. The second kappa shape index (κ2) is 10.8. The van der Waals surface area contributed by atoms with Gasteiger partial charge < -0.3 is 19.3 Å². The lowest BCUT2D eigenvalue weighted by Gasteiger charge is -2.37. The number of nitrogens with zero attached hydrogens (tertiary/aromatic N) is 5. The van der Waals surface area contributed by atoms with E-state index in [4.69, 9.17) is 9.47 Å². The fourth-order valence-corrected chi connectivity index (χ4v) is 5.62. The lowest BCUT2D eigenvalue weighted by molar-refractivity contribution is -0.758. The number of fused-ring (bicyclic) bond motifs is 1. The van der Waals surface area contributed by atoms with Crippen molar-refractivity contribution in [1.82, 2.24) is 24.1 Å². The zero-order valence-electron chi connectivity index (χ0n) is 20.7. The van der Waals surface area contributed by atoms with Crippen molar-refractivity contribution in [2.45, 2.75) is 37.7 Å². The molecule has 3 aromatic rings. The summed E-state index contributed by atoms with van der Waals surface area (Å²) < 4.78 is 40.4. The molecule has 0 spiro atoms. The van der Waals surface area contributed by atoms with Crippen molar-refractivity contribution in [2.24, 2.45) is 7.05 Å². The number of ether oxygens (including phenoxy) is 2. The van der Waals surface area contributed by atoms with E-state index in [1.807, 2.05) is 6.92 Å². The van der Waals surface area contributed by atoms with E-state index >= 15 is 0 Å². The molecule has 0 saturated carbocycles. The van der Waals surface area contributed by atoms with E-state index in [0.29, 0.717) is 41.1 Å². The Balaban J connectivity index is 1.63. The highest BCUT2D eigenvalue weighted by Crippen LogP contribution is 2.33. The number of hydrogen-bond acceptors (Lipinski definition) is 10. The number of sulfonamides is 1. The molecule has 1 aromatic carbocycles. The summed E-state index contributed by atoms with van der Waals surface area (Å²) in [7, 11) is -2.21. The molecule has 0 aliphatic carbocycles. The van der Waals surface area contributed by atoms with Gasteiger partial charge in [-0.25, -0.2) is 13.4 Å². The van der Waals surface area contributed by atoms with Gasteiger partial charge in [-0.05, 0) is 31.5 Å². The van der Waals surface area contributed by atoms with Crippen molar-refractivity contribution in [3.63, 3.8) is 0 Å². The van der Waals surface area contributed by atoms with Crippen LogP contribution in [0.4, 0.5) is 0 Å². The second-order valence-corrected chi connectivity index (χ2v) is 10.3. The molecule has 1 N–H and O–H groups in total. The number of aromatic nitrogens is 4. The summed E-state index contributed by atoms with van der Waals surface area (Å²) in [5, 5.41) is 13.7. The molecule has 1 fully saturated rings. The number of hydrogen-bond donors (Lipinski definition) is 1. The fraction of sp³-hybridized carbons (Fsp3) is 0.500. The van der Waals surface area contributed by atoms with Crippen LogP contribution in [0.3, 0.4) is 0 Å².